The first-order chi connectivity index (χ1) is 9.29. The molecule has 0 aromatic carbocycles. The summed E-state index contributed by atoms with van der Waals surface area (Å²) in [5.74, 6) is 1.83. The first-order valence-electron chi connectivity index (χ1n) is 7.38. The predicted molar refractivity (Wildman–Crippen MR) is 82.3 cm³/mol. The number of methoxy groups -OCH3 is 1. The molecule has 0 saturated heterocycles. The van der Waals surface area contributed by atoms with E-state index in [1.165, 1.54) is 44.2 Å². The molecule has 0 heterocycles. The Bertz CT molecular complexity index is 333. The Morgan fingerprint density at radius 1 is 1.32 bits per heavy atom. The van der Waals surface area contributed by atoms with Crippen LogP contribution < -0.4 is 10.7 Å². The lowest BCUT2D eigenvalue weighted by Gasteiger charge is -2.35. The number of ether oxygens (including phenoxy) is 1. The van der Waals surface area contributed by atoms with Crippen molar-refractivity contribution in [3.05, 3.63) is 0 Å². The molecule has 0 aliphatic heterocycles. The molecule has 2 N–H and O–H groups in total. The summed E-state index contributed by atoms with van der Waals surface area (Å²) in [6.45, 7) is 1.38. The Morgan fingerprint density at radius 3 is 2.89 bits per heavy atom. The molecular weight excluding hydrogens is 258 g/mol. The highest BCUT2D eigenvalue weighted by molar-refractivity contribution is 7.80. The predicted octanol–water partition coefficient (Wildman–Crippen LogP) is 2.44. The summed E-state index contributed by atoms with van der Waals surface area (Å²) in [7, 11) is 1.68. The second kappa shape index (κ2) is 7.80. The molecule has 4 nitrogen and oxygen atoms in total. The Morgan fingerprint density at radius 2 is 2.11 bits per heavy atom. The fourth-order valence-electron chi connectivity index (χ4n) is 3.23. The van der Waals surface area contributed by atoms with Crippen molar-refractivity contribution in [2.24, 2.45) is 16.9 Å². The zero-order chi connectivity index (χ0) is 13.5. The third kappa shape index (κ3) is 4.73. The molecule has 108 valence electrons. The van der Waals surface area contributed by atoms with Crippen molar-refractivity contribution in [2.45, 2.75) is 44.9 Å². The van der Waals surface area contributed by atoms with E-state index in [0.29, 0.717) is 11.7 Å². The third-order valence-electron chi connectivity index (χ3n) is 4.28. The molecule has 19 heavy (non-hydrogen) atoms. The van der Waals surface area contributed by atoms with E-state index in [0.717, 1.165) is 24.8 Å². The van der Waals surface area contributed by atoms with Crippen LogP contribution in [0.15, 0.2) is 5.10 Å². The number of hydrazone groups is 1. The van der Waals surface area contributed by atoms with E-state index in [9.17, 15) is 0 Å². The molecule has 0 bridgehead atoms. The minimum absolute atomic E-state index is 0.593. The van der Waals surface area contributed by atoms with Crippen LogP contribution in [0.3, 0.4) is 0 Å². The molecule has 0 spiro atoms. The van der Waals surface area contributed by atoms with Crippen LogP contribution in [0.2, 0.25) is 0 Å². The molecule has 5 heteroatoms. The van der Waals surface area contributed by atoms with Crippen LogP contribution in [0.1, 0.15) is 44.9 Å². The van der Waals surface area contributed by atoms with Gasteiger partial charge in [-0.3, -0.25) is 5.43 Å². The molecule has 2 atom stereocenters. The molecule has 0 aromatic rings. The molecule has 2 aliphatic carbocycles. The maximum Gasteiger partial charge on any atom is 0.187 e. The zero-order valence-electron chi connectivity index (χ0n) is 11.8. The highest BCUT2D eigenvalue weighted by atomic mass is 32.1. The van der Waals surface area contributed by atoms with Gasteiger partial charge in [0, 0.05) is 19.4 Å². The molecule has 0 amide bonds. The number of thiocarbonyl (C=S) groups is 1. The van der Waals surface area contributed by atoms with Crippen molar-refractivity contribution in [2.75, 3.05) is 20.3 Å². The SMILES string of the molecule is COCCNC(=S)N/N=C1/CC[C@@H]2CCCC[C@@H]2C1. The Hall–Kier alpha value is -0.680. The molecule has 0 radical (unpaired) electrons. The van der Waals surface area contributed by atoms with Crippen LogP contribution in [0.4, 0.5) is 0 Å². The largest absolute Gasteiger partial charge is 0.383 e. The monoisotopic (exact) mass is 283 g/mol. The Balaban J connectivity index is 1.72. The summed E-state index contributed by atoms with van der Waals surface area (Å²) in [6, 6.07) is 0. The summed E-state index contributed by atoms with van der Waals surface area (Å²) in [6.07, 6.45) is 9.27. The van der Waals surface area contributed by atoms with Gasteiger partial charge >= 0.3 is 0 Å². The van der Waals surface area contributed by atoms with E-state index in [2.05, 4.69) is 15.8 Å². The van der Waals surface area contributed by atoms with Gasteiger partial charge in [-0.05, 0) is 49.7 Å². The standard InChI is InChI=1S/C14H25N3OS/c1-18-9-8-15-14(19)17-16-13-7-6-11-4-2-3-5-12(11)10-13/h11-12H,2-10H2,1H3,(H2,15,17,19)/b16-13-/t11-,12+/m0/s1. The Labute approximate surface area is 121 Å². The maximum atomic E-state index is 5.17. The topological polar surface area (TPSA) is 45.6 Å². The van der Waals surface area contributed by atoms with Crippen molar-refractivity contribution in [3.63, 3.8) is 0 Å². The summed E-state index contributed by atoms with van der Waals surface area (Å²) in [5.41, 5.74) is 4.25. The lowest BCUT2D eigenvalue weighted by Crippen LogP contribution is -2.35. The van der Waals surface area contributed by atoms with Crippen molar-refractivity contribution in [3.8, 4) is 0 Å². The first kappa shape index (κ1) is 14.7. The second-order valence-corrected chi connectivity index (χ2v) is 5.99. The van der Waals surface area contributed by atoms with Gasteiger partial charge in [-0.25, -0.2) is 0 Å². The van der Waals surface area contributed by atoms with Crippen LogP contribution >= 0.6 is 12.2 Å². The van der Waals surface area contributed by atoms with Crippen molar-refractivity contribution >= 4 is 23.0 Å². The van der Waals surface area contributed by atoms with Gasteiger partial charge in [0.15, 0.2) is 5.11 Å². The molecule has 2 saturated carbocycles. The molecule has 0 unspecified atom stereocenters. The first-order valence-corrected chi connectivity index (χ1v) is 7.78. The van der Waals surface area contributed by atoms with Gasteiger partial charge in [0.1, 0.15) is 0 Å². The van der Waals surface area contributed by atoms with Crippen molar-refractivity contribution in [1.29, 1.82) is 0 Å². The summed E-state index contributed by atoms with van der Waals surface area (Å²) in [5, 5.41) is 8.14. The smallest absolute Gasteiger partial charge is 0.187 e. The van der Waals surface area contributed by atoms with Gasteiger partial charge in [-0.15, -0.1) is 0 Å². The summed E-state index contributed by atoms with van der Waals surface area (Å²) < 4.78 is 4.96. The van der Waals surface area contributed by atoms with E-state index >= 15 is 0 Å². The Kier molecular flexibility index (Phi) is 6.04. The molecule has 2 aliphatic rings. The quantitative estimate of drug-likeness (QED) is 0.472. The van der Waals surface area contributed by atoms with Crippen LogP contribution in [0.5, 0.6) is 0 Å². The molecule has 0 aromatic heterocycles. The van der Waals surface area contributed by atoms with E-state index in [1.807, 2.05) is 0 Å². The fraction of sp³-hybridized carbons (Fsp3) is 0.857. The van der Waals surface area contributed by atoms with Crippen LogP contribution in [0, 0.1) is 11.8 Å². The molecule has 2 rings (SSSR count). The van der Waals surface area contributed by atoms with Gasteiger partial charge in [-0.1, -0.05) is 19.3 Å². The number of hydrogen-bond acceptors (Lipinski definition) is 3. The zero-order valence-corrected chi connectivity index (χ0v) is 12.6. The lowest BCUT2D eigenvalue weighted by atomic mass is 9.70. The minimum atomic E-state index is 0.593. The van der Waals surface area contributed by atoms with Crippen molar-refractivity contribution < 1.29 is 4.74 Å². The van der Waals surface area contributed by atoms with Gasteiger partial charge in [0.2, 0.25) is 0 Å². The van der Waals surface area contributed by atoms with Crippen molar-refractivity contribution in [1.82, 2.24) is 10.7 Å². The number of rotatable bonds is 4. The third-order valence-corrected chi connectivity index (χ3v) is 4.51. The molecular formula is C14H25N3OS. The van der Waals surface area contributed by atoms with Gasteiger partial charge in [0.05, 0.1) is 6.61 Å². The van der Waals surface area contributed by atoms with E-state index in [-0.39, 0.29) is 0 Å². The highest BCUT2D eigenvalue weighted by Gasteiger charge is 2.30. The van der Waals surface area contributed by atoms with Crippen LogP contribution in [-0.2, 0) is 4.74 Å². The lowest BCUT2D eigenvalue weighted by molar-refractivity contribution is 0.204. The van der Waals surface area contributed by atoms with E-state index in [1.54, 1.807) is 7.11 Å². The average Bonchev–Trinajstić information content (AvgIpc) is 2.45. The van der Waals surface area contributed by atoms with Gasteiger partial charge in [0.25, 0.3) is 0 Å². The van der Waals surface area contributed by atoms with Gasteiger partial charge < -0.3 is 10.1 Å². The molecule has 2 fully saturated rings. The minimum Gasteiger partial charge on any atom is -0.383 e. The fourth-order valence-corrected chi connectivity index (χ4v) is 3.38. The highest BCUT2D eigenvalue weighted by Crippen LogP contribution is 2.39. The van der Waals surface area contributed by atoms with E-state index < -0.39 is 0 Å². The summed E-state index contributed by atoms with van der Waals surface area (Å²) in [4.78, 5) is 0. The number of fused-ring (bicyclic) bond motifs is 1. The summed E-state index contributed by atoms with van der Waals surface area (Å²) >= 11 is 5.17. The number of hydrogen-bond donors (Lipinski definition) is 2. The number of nitrogens with one attached hydrogen (secondary N) is 2. The normalized spacial score (nSPS) is 28.8. The maximum absolute atomic E-state index is 5.17. The average molecular weight is 283 g/mol. The number of nitrogens with zero attached hydrogens (tertiary/aromatic N) is 1. The van der Waals surface area contributed by atoms with E-state index in [4.69, 9.17) is 17.0 Å². The van der Waals surface area contributed by atoms with Crippen LogP contribution in [-0.4, -0.2) is 31.1 Å². The van der Waals surface area contributed by atoms with Crippen LogP contribution in [0.25, 0.3) is 0 Å². The second-order valence-electron chi connectivity index (χ2n) is 5.59. The van der Waals surface area contributed by atoms with Gasteiger partial charge in [-0.2, -0.15) is 5.10 Å².